The molecule has 4 rings (SSSR count). The molecule has 8 nitrogen and oxygen atoms in total. The number of carbonyl (C=O) groups excluding carboxylic acids is 2. The average molecular weight is 442 g/mol. The van der Waals surface area contributed by atoms with Crippen molar-refractivity contribution in [2.45, 2.75) is 13.5 Å². The van der Waals surface area contributed by atoms with E-state index in [-0.39, 0.29) is 23.7 Å². The summed E-state index contributed by atoms with van der Waals surface area (Å²) in [6, 6.07) is 21.2. The third kappa shape index (κ3) is 4.74. The first-order valence-electron chi connectivity index (χ1n) is 10.3. The van der Waals surface area contributed by atoms with Gasteiger partial charge in [0.1, 0.15) is 5.75 Å². The predicted octanol–water partition coefficient (Wildman–Crippen LogP) is 3.66. The van der Waals surface area contributed by atoms with E-state index in [2.05, 4.69) is 15.7 Å². The predicted molar refractivity (Wildman–Crippen MR) is 127 cm³/mol. The zero-order chi connectivity index (χ0) is 23.4. The lowest BCUT2D eigenvalue weighted by Crippen LogP contribution is -2.28. The SMILES string of the molecule is COc1ccc(NC(C)=O)cc1NC(=O)c1nn(Cc2ccccc2)c(=O)c2ccccc12. The minimum absolute atomic E-state index is 0.105. The maximum Gasteiger partial charge on any atom is 0.276 e. The lowest BCUT2D eigenvalue weighted by atomic mass is 10.1. The Morgan fingerprint density at radius 3 is 2.33 bits per heavy atom. The molecule has 0 fully saturated rings. The highest BCUT2D eigenvalue weighted by atomic mass is 16.5. The topological polar surface area (TPSA) is 102 Å². The molecule has 1 heterocycles. The number of hydrogen-bond acceptors (Lipinski definition) is 5. The summed E-state index contributed by atoms with van der Waals surface area (Å²) in [7, 11) is 1.48. The van der Waals surface area contributed by atoms with E-state index in [1.54, 1.807) is 42.5 Å². The normalized spacial score (nSPS) is 10.6. The van der Waals surface area contributed by atoms with E-state index in [0.29, 0.717) is 27.9 Å². The third-order valence-corrected chi connectivity index (χ3v) is 5.03. The van der Waals surface area contributed by atoms with Crippen LogP contribution in [0.2, 0.25) is 0 Å². The summed E-state index contributed by atoms with van der Waals surface area (Å²) < 4.78 is 6.64. The summed E-state index contributed by atoms with van der Waals surface area (Å²) >= 11 is 0. The minimum atomic E-state index is -0.508. The number of methoxy groups -OCH3 is 1. The first kappa shape index (κ1) is 21.8. The van der Waals surface area contributed by atoms with E-state index in [1.807, 2.05) is 30.3 Å². The van der Waals surface area contributed by atoms with Crippen LogP contribution >= 0.6 is 0 Å². The summed E-state index contributed by atoms with van der Waals surface area (Å²) in [5, 5.41) is 10.7. The largest absolute Gasteiger partial charge is 0.495 e. The van der Waals surface area contributed by atoms with Crippen molar-refractivity contribution in [1.82, 2.24) is 9.78 Å². The van der Waals surface area contributed by atoms with Crippen molar-refractivity contribution >= 4 is 34.0 Å². The quantitative estimate of drug-likeness (QED) is 0.474. The third-order valence-electron chi connectivity index (χ3n) is 5.03. The van der Waals surface area contributed by atoms with Crippen molar-refractivity contribution in [3.05, 3.63) is 94.4 Å². The van der Waals surface area contributed by atoms with Crippen molar-refractivity contribution < 1.29 is 14.3 Å². The highest BCUT2D eigenvalue weighted by Crippen LogP contribution is 2.28. The summed E-state index contributed by atoms with van der Waals surface area (Å²) in [4.78, 5) is 37.8. The zero-order valence-corrected chi connectivity index (χ0v) is 18.2. The molecule has 2 amide bonds. The number of anilines is 2. The van der Waals surface area contributed by atoms with Crippen LogP contribution in [0.1, 0.15) is 23.0 Å². The second-order valence-electron chi connectivity index (χ2n) is 7.39. The van der Waals surface area contributed by atoms with Gasteiger partial charge in [-0.2, -0.15) is 5.10 Å². The number of amides is 2. The van der Waals surface area contributed by atoms with E-state index in [9.17, 15) is 14.4 Å². The molecule has 0 saturated carbocycles. The zero-order valence-electron chi connectivity index (χ0n) is 18.2. The average Bonchev–Trinajstić information content (AvgIpc) is 2.81. The van der Waals surface area contributed by atoms with Crippen LogP contribution in [0, 0.1) is 0 Å². The van der Waals surface area contributed by atoms with Gasteiger partial charge in [-0.3, -0.25) is 14.4 Å². The number of hydrogen-bond donors (Lipinski definition) is 2. The number of rotatable bonds is 6. The molecule has 2 N–H and O–H groups in total. The summed E-state index contributed by atoms with van der Waals surface area (Å²) in [6.45, 7) is 1.63. The van der Waals surface area contributed by atoms with Gasteiger partial charge in [-0.15, -0.1) is 0 Å². The van der Waals surface area contributed by atoms with Gasteiger partial charge in [-0.05, 0) is 29.8 Å². The molecule has 0 saturated heterocycles. The number of nitrogens with zero attached hydrogens (tertiary/aromatic N) is 2. The number of carbonyl (C=O) groups is 2. The second kappa shape index (κ2) is 9.35. The highest BCUT2D eigenvalue weighted by Gasteiger charge is 2.19. The molecule has 0 atom stereocenters. The fourth-order valence-electron chi connectivity index (χ4n) is 3.53. The Labute approximate surface area is 189 Å². The number of benzene rings is 3. The smallest absolute Gasteiger partial charge is 0.276 e. The molecule has 0 radical (unpaired) electrons. The van der Waals surface area contributed by atoms with Crippen molar-refractivity contribution in [1.29, 1.82) is 0 Å². The van der Waals surface area contributed by atoms with Crippen LogP contribution in [0.4, 0.5) is 11.4 Å². The van der Waals surface area contributed by atoms with Gasteiger partial charge < -0.3 is 15.4 Å². The first-order valence-corrected chi connectivity index (χ1v) is 10.3. The van der Waals surface area contributed by atoms with Crippen LogP contribution in [0.3, 0.4) is 0 Å². The molecule has 0 aliphatic rings. The Bertz CT molecular complexity index is 1400. The second-order valence-corrected chi connectivity index (χ2v) is 7.39. The van der Waals surface area contributed by atoms with Gasteiger partial charge in [0.2, 0.25) is 5.91 Å². The van der Waals surface area contributed by atoms with Gasteiger partial charge in [0.05, 0.1) is 24.7 Å². The van der Waals surface area contributed by atoms with E-state index in [4.69, 9.17) is 4.74 Å². The highest BCUT2D eigenvalue weighted by molar-refractivity contribution is 6.11. The lowest BCUT2D eigenvalue weighted by molar-refractivity contribution is -0.114. The molecular formula is C25H22N4O4. The summed E-state index contributed by atoms with van der Waals surface area (Å²) in [5.41, 5.74) is 1.58. The van der Waals surface area contributed by atoms with Crippen LogP contribution in [-0.2, 0) is 11.3 Å². The van der Waals surface area contributed by atoms with Crippen molar-refractivity contribution in [2.75, 3.05) is 17.7 Å². The Hall–Kier alpha value is -4.46. The van der Waals surface area contributed by atoms with Gasteiger partial charge in [-0.1, -0.05) is 48.5 Å². The standard InChI is InChI=1S/C25H22N4O4/c1-16(30)26-18-12-13-22(33-2)21(14-18)27-24(31)23-19-10-6-7-11-20(19)25(32)29(28-23)15-17-8-4-3-5-9-17/h3-14H,15H2,1-2H3,(H,26,30)(H,27,31). The van der Waals surface area contributed by atoms with Gasteiger partial charge in [0.25, 0.3) is 11.5 Å². The molecule has 3 aromatic carbocycles. The van der Waals surface area contributed by atoms with E-state index >= 15 is 0 Å². The van der Waals surface area contributed by atoms with E-state index in [1.165, 1.54) is 18.7 Å². The summed E-state index contributed by atoms with van der Waals surface area (Å²) in [5.74, 6) is -0.330. The molecule has 0 bridgehead atoms. The summed E-state index contributed by atoms with van der Waals surface area (Å²) in [6.07, 6.45) is 0. The number of ether oxygens (including phenoxy) is 1. The van der Waals surface area contributed by atoms with Crippen LogP contribution < -0.4 is 20.9 Å². The van der Waals surface area contributed by atoms with Crippen LogP contribution in [0.5, 0.6) is 5.75 Å². The molecule has 0 aliphatic carbocycles. The molecule has 4 aromatic rings. The molecule has 0 spiro atoms. The molecule has 1 aromatic heterocycles. The van der Waals surface area contributed by atoms with Gasteiger partial charge in [0, 0.05) is 18.0 Å². The Morgan fingerprint density at radius 2 is 1.64 bits per heavy atom. The number of nitrogens with one attached hydrogen (secondary N) is 2. The maximum atomic E-state index is 13.3. The number of fused-ring (bicyclic) bond motifs is 1. The molecule has 8 heteroatoms. The fourth-order valence-corrected chi connectivity index (χ4v) is 3.53. The fraction of sp³-hybridized carbons (Fsp3) is 0.120. The first-order chi connectivity index (χ1) is 16.0. The van der Waals surface area contributed by atoms with Crippen molar-refractivity contribution in [2.24, 2.45) is 0 Å². The van der Waals surface area contributed by atoms with Crippen LogP contribution in [-0.4, -0.2) is 28.7 Å². The van der Waals surface area contributed by atoms with Gasteiger partial charge >= 0.3 is 0 Å². The molecule has 166 valence electrons. The molecule has 33 heavy (non-hydrogen) atoms. The van der Waals surface area contributed by atoms with Crippen LogP contribution in [0.25, 0.3) is 10.8 Å². The van der Waals surface area contributed by atoms with E-state index < -0.39 is 5.91 Å². The van der Waals surface area contributed by atoms with Crippen molar-refractivity contribution in [3.8, 4) is 5.75 Å². The molecular weight excluding hydrogens is 420 g/mol. The Kier molecular flexibility index (Phi) is 6.17. The maximum absolute atomic E-state index is 13.3. The molecule has 0 aliphatic heterocycles. The number of aromatic nitrogens is 2. The van der Waals surface area contributed by atoms with Gasteiger partial charge in [0.15, 0.2) is 5.69 Å². The minimum Gasteiger partial charge on any atom is -0.495 e. The monoisotopic (exact) mass is 442 g/mol. The Morgan fingerprint density at radius 1 is 0.939 bits per heavy atom. The van der Waals surface area contributed by atoms with Crippen LogP contribution in [0.15, 0.2) is 77.6 Å². The lowest BCUT2D eigenvalue weighted by Gasteiger charge is -2.14. The van der Waals surface area contributed by atoms with E-state index in [0.717, 1.165) is 5.56 Å². The molecule has 0 unspecified atom stereocenters. The van der Waals surface area contributed by atoms with Crippen molar-refractivity contribution in [3.63, 3.8) is 0 Å². The Balaban J connectivity index is 1.76. The van der Waals surface area contributed by atoms with Gasteiger partial charge in [-0.25, -0.2) is 4.68 Å².